The summed E-state index contributed by atoms with van der Waals surface area (Å²) in [5, 5.41) is 17.7. The minimum atomic E-state index is -0.724. The molecule has 1 atom stereocenters. The molecule has 0 saturated carbocycles. The van der Waals surface area contributed by atoms with Crippen LogP contribution in [0.1, 0.15) is 31.2 Å². The van der Waals surface area contributed by atoms with Gasteiger partial charge < -0.3 is 9.84 Å². The number of nitrogens with zero attached hydrogens (tertiary/aromatic N) is 3. The van der Waals surface area contributed by atoms with Gasteiger partial charge in [0.15, 0.2) is 0 Å². The van der Waals surface area contributed by atoms with E-state index in [0.29, 0.717) is 5.69 Å². The average Bonchev–Trinajstić information content (AvgIpc) is 2.75. The van der Waals surface area contributed by atoms with E-state index in [1.807, 2.05) is 38.1 Å². The maximum absolute atomic E-state index is 10.2. The molecule has 0 aliphatic rings. The smallest absolute Gasteiger partial charge is 0.122 e. The first-order valence-corrected chi connectivity index (χ1v) is 5.87. The molecule has 0 aliphatic heterocycles. The average molecular weight is 247 g/mol. The van der Waals surface area contributed by atoms with Gasteiger partial charge in [-0.1, -0.05) is 17.3 Å². The summed E-state index contributed by atoms with van der Waals surface area (Å²) in [6.07, 6.45) is 0.976. The highest BCUT2D eigenvalue weighted by atomic mass is 16.5. The van der Waals surface area contributed by atoms with Gasteiger partial charge in [0.1, 0.15) is 11.9 Å². The first kappa shape index (κ1) is 12.6. The zero-order chi connectivity index (χ0) is 13.1. The first-order valence-electron chi connectivity index (χ1n) is 5.87. The molecule has 96 valence electrons. The standard InChI is InChI=1S/C13H17N3O2/c1-9(2)18-11-6-4-10(5-7-11)13(17)12-8-14-15-16(12)3/h4-9,13,17H,1-3H3. The fraction of sp³-hybridized carbons (Fsp3) is 0.385. The third-order valence-electron chi connectivity index (χ3n) is 2.60. The Hall–Kier alpha value is -1.88. The van der Waals surface area contributed by atoms with Crippen LogP contribution in [0, 0.1) is 0 Å². The molecule has 0 fully saturated rings. The Labute approximate surface area is 106 Å². The van der Waals surface area contributed by atoms with Crippen LogP contribution in [0.15, 0.2) is 30.5 Å². The normalized spacial score (nSPS) is 12.7. The molecule has 1 aromatic heterocycles. The van der Waals surface area contributed by atoms with E-state index in [1.54, 1.807) is 17.9 Å². The molecule has 1 aromatic carbocycles. The lowest BCUT2D eigenvalue weighted by Crippen LogP contribution is -2.07. The van der Waals surface area contributed by atoms with Gasteiger partial charge in [-0.3, -0.25) is 0 Å². The second-order valence-corrected chi connectivity index (χ2v) is 4.42. The van der Waals surface area contributed by atoms with Crippen molar-refractivity contribution < 1.29 is 9.84 Å². The summed E-state index contributed by atoms with van der Waals surface area (Å²) in [6, 6.07) is 7.38. The summed E-state index contributed by atoms with van der Waals surface area (Å²) in [5.74, 6) is 0.795. The number of benzene rings is 1. The van der Waals surface area contributed by atoms with Crippen LogP contribution in [0.4, 0.5) is 0 Å². The van der Waals surface area contributed by atoms with Crippen LogP contribution in [0.3, 0.4) is 0 Å². The lowest BCUT2D eigenvalue weighted by Gasteiger charge is -2.13. The van der Waals surface area contributed by atoms with Crippen molar-refractivity contribution in [2.24, 2.45) is 7.05 Å². The van der Waals surface area contributed by atoms with Crippen molar-refractivity contribution in [2.75, 3.05) is 0 Å². The first-order chi connectivity index (χ1) is 8.58. The molecule has 2 rings (SSSR count). The summed E-state index contributed by atoms with van der Waals surface area (Å²) < 4.78 is 7.11. The van der Waals surface area contributed by atoms with Crippen molar-refractivity contribution in [1.82, 2.24) is 15.0 Å². The van der Waals surface area contributed by atoms with Gasteiger partial charge in [-0.15, -0.1) is 5.10 Å². The Bertz CT molecular complexity index is 505. The Morgan fingerprint density at radius 1 is 1.22 bits per heavy atom. The lowest BCUT2D eigenvalue weighted by molar-refractivity contribution is 0.209. The molecule has 0 spiro atoms. The largest absolute Gasteiger partial charge is 0.491 e. The van der Waals surface area contributed by atoms with Crippen molar-refractivity contribution in [3.63, 3.8) is 0 Å². The minimum Gasteiger partial charge on any atom is -0.491 e. The second kappa shape index (κ2) is 5.18. The maximum Gasteiger partial charge on any atom is 0.122 e. The van der Waals surface area contributed by atoms with Crippen LogP contribution in [-0.2, 0) is 7.05 Å². The van der Waals surface area contributed by atoms with E-state index in [0.717, 1.165) is 11.3 Å². The molecule has 0 saturated heterocycles. The van der Waals surface area contributed by atoms with E-state index in [-0.39, 0.29) is 6.10 Å². The van der Waals surface area contributed by atoms with Gasteiger partial charge >= 0.3 is 0 Å². The summed E-state index contributed by atoms with van der Waals surface area (Å²) in [5.41, 5.74) is 1.45. The summed E-state index contributed by atoms with van der Waals surface area (Å²) in [6.45, 7) is 3.95. The molecule has 1 unspecified atom stereocenters. The number of hydrogen-bond acceptors (Lipinski definition) is 4. The molecule has 18 heavy (non-hydrogen) atoms. The van der Waals surface area contributed by atoms with Gasteiger partial charge in [0, 0.05) is 7.05 Å². The fourth-order valence-electron chi connectivity index (χ4n) is 1.72. The van der Waals surface area contributed by atoms with Gasteiger partial charge in [0.05, 0.1) is 18.0 Å². The minimum absolute atomic E-state index is 0.141. The SMILES string of the molecule is CC(C)Oc1ccc(C(O)c2cnnn2C)cc1. The molecule has 5 heteroatoms. The summed E-state index contributed by atoms with van der Waals surface area (Å²) in [4.78, 5) is 0. The van der Waals surface area contributed by atoms with E-state index in [2.05, 4.69) is 10.3 Å². The predicted molar refractivity (Wildman–Crippen MR) is 67.3 cm³/mol. The van der Waals surface area contributed by atoms with Gasteiger partial charge in [0.25, 0.3) is 0 Å². The molecular weight excluding hydrogens is 230 g/mol. The van der Waals surface area contributed by atoms with Crippen molar-refractivity contribution in [1.29, 1.82) is 0 Å². The maximum atomic E-state index is 10.2. The Balaban J connectivity index is 2.17. The Kier molecular flexibility index (Phi) is 3.62. The van der Waals surface area contributed by atoms with Crippen LogP contribution in [0.2, 0.25) is 0 Å². The van der Waals surface area contributed by atoms with Gasteiger partial charge in [0.2, 0.25) is 0 Å². The number of hydrogen-bond donors (Lipinski definition) is 1. The van der Waals surface area contributed by atoms with Crippen molar-refractivity contribution in [2.45, 2.75) is 26.1 Å². The summed E-state index contributed by atoms with van der Waals surface area (Å²) >= 11 is 0. The summed E-state index contributed by atoms with van der Waals surface area (Å²) in [7, 11) is 1.75. The molecule has 0 amide bonds. The van der Waals surface area contributed by atoms with Crippen LogP contribution in [0.25, 0.3) is 0 Å². The van der Waals surface area contributed by atoms with Gasteiger partial charge in [-0.2, -0.15) is 0 Å². The van der Waals surface area contributed by atoms with Crippen LogP contribution >= 0.6 is 0 Å². The topological polar surface area (TPSA) is 60.2 Å². The Morgan fingerprint density at radius 3 is 2.39 bits per heavy atom. The van der Waals surface area contributed by atoms with E-state index >= 15 is 0 Å². The Morgan fingerprint density at radius 2 is 1.89 bits per heavy atom. The van der Waals surface area contributed by atoms with Crippen LogP contribution in [-0.4, -0.2) is 26.2 Å². The highest BCUT2D eigenvalue weighted by molar-refractivity contribution is 5.31. The molecule has 1 N–H and O–H groups in total. The van der Waals surface area contributed by atoms with Crippen LogP contribution < -0.4 is 4.74 Å². The molecule has 0 bridgehead atoms. The fourth-order valence-corrected chi connectivity index (χ4v) is 1.72. The number of ether oxygens (including phenoxy) is 1. The number of aliphatic hydroxyl groups is 1. The third kappa shape index (κ3) is 2.68. The van der Waals surface area contributed by atoms with E-state index in [1.165, 1.54) is 0 Å². The monoisotopic (exact) mass is 247 g/mol. The quantitative estimate of drug-likeness (QED) is 0.893. The second-order valence-electron chi connectivity index (χ2n) is 4.42. The number of aliphatic hydroxyl groups excluding tert-OH is 1. The van der Waals surface area contributed by atoms with Crippen molar-refractivity contribution >= 4 is 0 Å². The highest BCUT2D eigenvalue weighted by Gasteiger charge is 2.14. The number of rotatable bonds is 4. The molecule has 2 aromatic rings. The number of aromatic nitrogens is 3. The third-order valence-corrected chi connectivity index (χ3v) is 2.60. The van der Waals surface area contributed by atoms with Gasteiger partial charge in [-0.25, -0.2) is 4.68 Å². The van der Waals surface area contributed by atoms with Gasteiger partial charge in [-0.05, 0) is 31.5 Å². The molecule has 0 aliphatic carbocycles. The zero-order valence-electron chi connectivity index (χ0n) is 10.7. The molecule has 5 nitrogen and oxygen atoms in total. The van der Waals surface area contributed by atoms with Crippen molar-refractivity contribution in [3.05, 3.63) is 41.7 Å². The van der Waals surface area contributed by atoms with E-state index in [9.17, 15) is 5.11 Å². The lowest BCUT2D eigenvalue weighted by atomic mass is 10.1. The number of aryl methyl sites for hydroxylation is 1. The van der Waals surface area contributed by atoms with Crippen molar-refractivity contribution in [3.8, 4) is 5.75 Å². The van der Waals surface area contributed by atoms with E-state index < -0.39 is 6.10 Å². The molecule has 1 heterocycles. The molecule has 0 radical (unpaired) electrons. The highest BCUT2D eigenvalue weighted by Crippen LogP contribution is 2.23. The van der Waals surface area contributed by atoms with E-state index in [4.69, 9.17) is 4.74 Å². The molecular formula is C13H17N3O2. The van der Waals surface area contributed by atoms with Crippen LogP contribution in [0.5, 0.6) is 5.75 Å². The predicted octanol–water partition coefficient (Wildman–Crippen LogP) is 1.68. The zero-order valence-corrected chi connectivity index (χ0v) is 10.7.